The summed E-state index contributed by atoms with van der Waals surface area (Å²) >= 11 is 5.85. The lowest BCUT2D eigenvalue weighted by atomic mass is 10.2. The number of ether oxygens (including phenoxy) is 4. The number of nitrogens with zero attached hydrogens (tertiary/aromatic N) is 1. The summed E-state index contributed by atoms with van der Waals surface area (Å²) in [7, 11) is 4.55. The van der Waals surface area contributed by atoms with Gasteiger partial charge in [-0.3, -0.25) is 4.79 Å². The van der Waals surface area contributed by atoms with Gasteiger partial charge in [-0.05, 0) is 30.3 Å². The van der Waals surface area contributed by atoms with Crippen molar-refractivity contribution in [3.05, 3.63) is 47.0 Å². The molecule has 0 saturated carbocycles. The molecule has 0 fully saturated rings. The number of hydrogen-bond donors (Lipinski definition) is 1. The highest BCUT2D eigenvalue weighted by atomic mass is 35.5. The van der Waals surface area contributed by atoms with Crippen LogP contribution in [0.15, 0.2) is 41.5 Å². The molecule has 7 nitrogen and oxygen atoms in total. The van der Waals surface area contributed by atoms with Gasteiger partial charge in [-0.1, -0.05) is 17.7 Å². The second kappa shape index (κ2) is 9.53. The van der Waals surface area contributed by atoms with Gasteiger partial charge >= 0.3 is 0 Å². The van der Waals surface area contributed by atoms with Gasteiger partial charge in [0.15, 0.2) is 18.1 Å². The van der Waals surface area contributed by atoms with E-state index in [0.717, 1.165) is 0 Å². The number of methoxy groups -OCH3 is 3. The lowest BCUT2D eigenvalue weighted by Crippen LogP contribution is -2.24. The zero-order chi connectivity index (χ0) is 18.9. The summed E-state index contributed by atoms with van der Waals surface area (Å²) in [5.41, 5.74) is 2.99. The first-order valence-corrected chi connectivity index (χ1v) is 7.96. The average molecular weight is 379 g/mol. The van der Waals surface area contributed by atoms with Crippen LogP contribution < -0.4 is 24.4 Å². The first kappa shape index (κ1) is 19.4. The molecule has 0 aliphatic rings. The maximum atomic E-state index is 11.8. The second-order valence-corrected chi connectivity index (χ2v) is 5.40. The summed E-state index contributed by atoms with van der Waals surface area (Å²) in [5.74, 6) is 1.49. The molecular formula is C18H19ClN2O5. The van der Waals surface area contributed by atoms with E-state index >= 15 is 0 Å². The van der Waals surface area contributed by atoms with E-state index < -0.39 is 5.91 Å². The van der Waals surface area contributed by atoms with Crippen molar-refractivity contribution < 1.29 is 23.7 Å². The van der Waals surface area contributed by atoms with Gasteiger partial charge in [0, 0.05) is 10.6 Å². The highest BCUT2D eigenvalue weighted by Gasteiger charge is 2.14. The lowest BCUT2D eigenvalue weighted by molar-refractivity contribution is -0.123. The molecule has 0 aromatic heterocycles. The van der Waals surface area contributed by atoms with Crippen LogP contribution in [0.3, 0.4) is 0 Å². The molecule has 2 aromatic carbocycles. The highest BCUT2D eigenvalue weighted by molar-refractivity contribution is 6.30. The van der Waals surface area contributed by atoms with Crippen molar-refractivity contribution in [2.75, 3.05) is 27.9 Å². The molecule has 138 valence electrons. The molecule has 0 aliphatic heterocycles. The van der Waals surface area contributed by atoms with Crippen LogP contribution in [0.1, 0.15) is 5.56 Å². The van der Waals surface area contributed by atoms with Crippen LogP contribution in [-0.4, -0.2) is 40.1 Å². The standard InChI is InChI=1S/C18H19ClN2O5/c1-23-15-8-7-12(17(24-2)18(15)25-3)10-20-21-16(22)11-26-14-6-4-5-13(19)9-14/h4-10H,11H2,1-3H3,(H,21,22)/b20-10+. The van der Waals surface area contributed by atoms with Crippen LogP contribution in [0.25, 0.3) is 0 Å². The minimum absolute atomic E-state index is 0.194. The van der Waals surface area contributed by atoms with E-state index in [1.165, 1.54) is 27.5 Å². The predicted molar refractivity (Wildman–Crippen MR) is 98.8 cm³/mol. The fourth-order valence-electron chi connectivity index (χ4n) is 2.14. The molecule has 0 heterocycles. The number of carbonyl (C=O) groups excluding carboxylic acids is 1. The van der Waals surface area contributed by atoms with Gasteiger partial charge in [-0.2, -0.15) is 5.10 Å². The Balaban J connectivity index is 1.98. The Morgan fingerprint density at radius 2 is 1.88 bits per heavy atom. The van der Waals surface area contributed by atoms with E-state index in [4.69, 9.17) is 30.5 Å². The maximum absolute atomic E-state index is 11.8. The largest absolute Gasteiger partial charge is 0.493 e. The molecule has 0 unspecified atom stereocenters. The van der Waals surface area contributed by atoms with Crippen molar-refractivity contribution in [3.63, 3.8) is 0 Å². The number of hydrogen-bond acceptors (Lipinski definition) is 6. The SMILES string of the molecule is COc1ccc(/C=N/NC(=O)COc2cccc(Cl)c2)c(OC)c1OC. The first-order valence-electron chi connectivity index (χ1n) is 7.58. The third kappa shape index (κ3) is 5.03. The first-order chi connectivity index (χ1) is 12.6. The van der Waals surface area contributed by atoms with Crippen LogP contribution >= 0.6 is 11.6 Å². The summed E-state index contributed by atoms with van der Waals surface area (Å²) in [6.07, 6.45) is 1.44. The summed E-state index contributed by atoms with van der Waals surface area (Å²) in [5, 5.41) is 4.43. The van der Waals surface area contributed by atoms with Crippen LogP contribution in [0.2, 0.25) is 5.02 Å². The molecule has 0 saturated heterocycles. The number of carbonyl (C=O) groups is 1. The number of benzene rings is 2. The maximum Gasteiger partial charge on any atom is 0.277 e. The number of rotatable bonds is 8. The summed E-state index contributed by atoms with van der Waals surface area (Å²) in [6, 6.07) is 10.2. The summed E-state index contributed by atoms with van der Waals surface area (Å²) < 4.78 is 21.2. The lowest BCUT2D eigenvalue weighted by Gasteiger charge is -2.13. The molecule has 0 aliphatic carbocycles. The highest BCUT2D eigenvalue weighted by Crippen LogP contribution is 2.38. The van der Waals surface area contributed by atoms with E-state index in [0.29, 0.717) is 33.6 Å². The third-order valence-corrected chi connectivity index (χ3v) is 3.53. The fraction of sp³-hybridized carbons (Fsp3) is 0.222. The van der Waals surface area contributed by atoms with Crippen LogP contribution in [0.5, 0.6) is 23.0 Å². The zero-order valence-corrected chi connectivity index (χ0v) is 15.4. The van der Waals surface area contributed by atoms with E-state index in [1.54, 1.807) is 36.4 Å². The Hall–Kier alpha value is -2.93. The normalized spacial score (nSPS) is 10.5. The molecular weight excluding hydrogens is 360 g/mol. The second-order valence-electron chi connectivity index (χ2n) is 4.96. The van der Waals surface area contributed by atoms with Crippen LogP contribution in [0, 0.1) is 0 Å². The Morgan fingerprint density at radius 1 is 1.12 bits per heavy atom. The molecule has 0 bridgehead atoms. The molecule has 1 N–H and O–H groups in total. The molecule has 1 amide bonds. The van der Waals surface area contributed by atoms with Crippen LogP contribution in [-0.2, 0) is 4.79 Å². The van der Waals surface area contributed by atoms with Gasteiger partial charge in [0.25, 0.3) is 5.91 Å². The Morgan fingerprint density at radius 3 is 2.54 bits per heavy atom. The third-order valence-electron chi connectivity index (χ3n) is 3.29. The van der Waals surface area contributed by atoms with E-state index in [9.17, 15) is 4.79 Å². The van der Waals surface area contributed by atoms with E-state index in [1.807, 2.05) is 0 Å². The van der Waals surface area contributed by atoms with Gasteiger partial charge < -0.3 is 18.9 Å². The molecule has 0 spiro atoms. The van der Waals surface area contributed by atoms with E-state index in [-0.39, 0.29) is 6.61 Å². The van der Waals surface area contributed by atoms with Crippen molar-refractivity contribution >= 4 is 23.7 Å². The van der Waals surface area contributed by atoms with Crippen molar-refractivity contribution in [1.29, 1.82) is 0 Å². The Kier molecular flexibility index (Phi) is 7.11. The molecule has 2 rings (SSSR count). The van der Waals surface area contributed by atoms with Gasteiger partial charge in [0.05, 0.1) is 27.5 Å². The quantitative estimate of drug-likeness (QED) is 0.564. The zero-order valence-electron chi connectivity index (χ0n) is 14.6. The minimum atomic E-state index is -0.416. The predicted octanol–water partition coefficient (Wildman–Crippen LogP) is 2.89. The smallest absolute Gasteiger partial charge is 0.277 e. The molecule has 0 radical (unpaired) electrons. The summed E-state index contributed by atoms with van der Waals surface area (Å²) in [6.45, 7) is -0.194. The monoisotopic (exact) mass is 378 g/mol. The minimum Gasteiger partial charge on any atom is -0.493 e. The molecule has 0 atom stereocenters. The molecule has 26 heavy (non-hydrogen) atoms. The molecule has 8 heteroatoms. The topological polar surface area (TPSA) is 78.4 Å². The number of hydrazone groups is 1. The Labute approximate surface area is 156 Å². The van der Waals surface area contributed by atoms with Gasteiger partial charge in [0.2, 0.25) is 5.75 Å². The van der Waals surface area contributed by atoms with Crippen molar-refractivity contribution in [1.82, 2.24) is 5.43 Å². The van der Waals surface area contributed by atoms with Crippen molar-refractivity contribution in [3.8, 4) is 23.0 Å². The number of amides is 1. The van der Waals surface area contributed by atoms with Gasteiger partial charge in [-0.15, -0.1) is 0 Å². The van der Waals surface area contributed by atoms with E-state index in [2.05, 4.69) is 10.5 Å². The summed E-state index contributed by atoms with van der Waals surface area (Å²) in [4.78, 5) is 11.8. The van der Waals surface area contributed by atoms with Gasteiger partial charge in [-0.25, -0.2) is 5.43 Å². The van der Waals surface area contributed by atoms with Crippen molar-refractivity contribution in [2.24, 2.45) is 5.10 Å². The van der Waals surface area contributed by atoms with Crippen LogP contribution in [0.4, 0.5) is 0 Å². The number of halogens is 1. The Bertz CT molecular complexity index is 795. The fourth-order valence-corrected chi connectivity index (χ4v) is 2.32. The number of nitrogens with one attached hydrogen (secondary N) is 1. The van der Waals surface area contributed by atoms with Gasteiger partial charge in [0.1, 0.15) is 5.75 Å². The van der Waals surface area contributed by atoms with Crippen molar-refractivity contribution in [2.45, 2.75) is 0 Å². The average Bonchev–Trinajstić information content (AvgIpc) is 2.65. The molecule has 2 aromatic rings.